The van der Waals surface area contributed by atoms with Crippen molar-refractivity contribution >= 4 is 22.7 Å². The van der Waals surface area contributed by atoms with E-state index in [1.54, 1.807) is 6.33 Å². The van der Waals surface area contributed by atoms with Crippen LogP contribution in [0.4, 0.5) is 5.82 Å². The number of aryl methyl sites for hydroxylation is 1. The van der Waals surface area contributed by atoms with Gasteiger partial charge in [-0.3, -0.25) is 4.79 Å². The number of rotatable bonds is 5. The van der Waals surface area contributed by atoms with Gasteiger partial charge in [0.25, 0.3) is 0 Å². The van der Waals surface area contributed by atoms with Crippen LogP contribution in [0.1, 0.15) is 25.8 Å². The molecule has 1 heterocycles. The summed E-state index contributed by atoms with van der Waals surface area (Å²) in [7, 11) is 1.94. The van der Waals surface area contributed by atoms with Gasteiger partial charge in [0.1, 0.15) is 12.1 Å². The molecule has 0 N–H and O–H groups in total. The van der Waals surface area contributed by atoms with Gasteiger partial charge in [-0.2, -0.15) is 0 Å². The summed E-state index contributed by atoms with van der Waals surface area (Å²) >= 11 is 0. The zero-order valence-electron chi connectivity index (χ0n) is 13.0. The van der Waals surface area contributed by atoms with E-state index in [9.17, 15) is 4.79 Å². The number of anilines is 1. The highest BCUT2D eigenvalue weighted by Gasteiger charge is 2.18. The fourth-order valence-corrected chi connectivity index (χ4v) is 2.31. The minimum Gasteiger partial charge on any atom is -0.466 e. The van der Waals surface area contributed by atoms with Gasteiger partial charge in [0.15, 0.2) is 0 Å². The number of benzene rings is 1. The fourth-order valence-electron chi connectivity index (χ4n) is 2.31. The molecule has 0 spiro atoms. The van der Waals surface area contributed by atoms with Gasteiger partial charge in [-0.15, -0.1) is 0 Å². The molecule has 0 radical (unpaired) electrons. The third-order valence-corrected chi connectivity index (χ3v) is 3.61. The average Bonchev–Trinajstić information content (AvgIpc) is 2.46. The number of nitrogens with zero attached hydrogens (tertiary/aromatic N) is 3. The van der Waals surface area contributed by atoms with E-state index in [-0.39, 0.29) is 12.0 Å². The Hall–Kier alpha value is -2.17. The van der Waals surface area contributed by atoms with Crippen molar-refractivity contribution in [3.05, 3.63) is 30.1 Å². The lowest BCUT2D eigenvalue weighted by molar-refractivity contribution is -0.143. The highest BCUT2D eigenvalue weighted by Crippen LogP contribution is 2.25. The first-order valence-electron chi connectivity index (χ1n) is 7.13. The molecular weight excluding hydrogens is 266 g/mol. The monoisotopic (exact) mass is 287 g/mol. The maximum absolute atomic E-state index is 11.6. The number of fused-ring (bicyclic) bond motifs is 1. The largest absolute Gasteiger partial charge is 0.466 e. The van der Waals surface area contributed by atoms with Crippen LogP contribution in [0.15, 0.2) is 24.5 Å². The van der Waals surface area contributed by atoms with E-state index in [1.807, 2.05) is 50.9 Å². The molecule has 1 aromatic carbocycles. The first-order chi connectivity index (χ1) is 10.0. The molecule has 1 atom stereocenters. The Morgan fingerprint density at radius 2 is 2.14 bits per heavy atom. The second-order valence-corrected chi connectivity index (χ2v) is 5.14. The van der Waals surface area contributed by atoms with Crippen LogP contribution in [-0.4, -0.2) is 35.6 Å². The first-order valence-corrected chi connectivity index (χ1v) is 7.13. The number of ether oxygens (including phenoxy) is 1. The van der Waals surface area contributed by atoms with Gasteiger partial charge in [0, 0.05) is 18.5 Å². The number of aromatic nitrogens is 2. The van der Waals surface area contributed by atoms with Crippen molar-refractivity contribution < 1.29 is 9.53 Å². The second kappa shape index (κ2) is 6.52. The minimum atomic E-state index is -0.189. The van der Waals surface area contributed by atoms with Gasteiger partial charge in [-0.05, 0) is 32.4 Å². The summed E-state index contributed by atoms with van der Waals surface area (Å²) < 4.78 is 5.01. The Bertz CT molecular complexity index is 642. The molecule has 0 fully saturated rings. The molecule has 0 aliphatic carbocycles. The highest BCUT2D eigenvalue weighted by molar-refractivity contribution is 5.91. The van der Waals surface area contributed by atoms with E-state index >= 15 is 0 Å². The molecule has 0 saturated heterocycles. The molecule has 1 aromatic heterocycles. The van der Waals surface area contributed by atoms with E-state index in [0.29, 0.717) is 13.0 Å². The number of carbonyl (C=O) groups is 1. The Morgan fingerprint density at radius 1 is 1.38 bits per heavy atom. The molecule has 0 aliphatic rings. The highest BCUT2D eigenvalue weighted by atomic mass is 16.5. The standard InChI is InChI=1S/C16H21N3O2/c1-5-21-14(20)9-12(3)19(4)16-13-8-6-7-11(2)15(13)17-10-18-16/h6-8,10,12H,5,9H2,1-4H3. The summed E-state index contributed by atoms with van der Waals surface area (Å²) in [4.78, 5) is 22.4. The molecule has 2 aromatic rings. The van der Waals surface area contributed by atoms with E-state index < -0.39 is 0 Å². The van der Waals surface area contributed by atoms with Gasteiger partial charge < -0.3 is 9.64 Å². The molecule has 0 amide bonds. The topological polar surface area (TPSA) is 55.3 Å². The molecule has 21 heavy (non-hydrogen) atoms. The van der Waals surface area contributed by atoms with Crippen LogP contribution in [0.3, 0.4) is 0 Å². The van der Waals surface area contributed by atoms with Gasteiger partial charge in [0.2, 0.25) is 0 Å². The third kappa shape index (κ3) is 3.29. The molecular formula is C16H21N3O2. The van der Waals surface area contributed by atoms with Crippen molar-refractivity contribution in [1.29, 1.82) is 0 Å². The van der Waals surface area contributed by atoms with Gasteiger partial charge in [-0.25, -0.2) is 9.97 Å². The smallest absolute Gasteiger partial charge is 0.307 e. The number of esters is 1. The summed E-state index contributed by atoms with van der Waals surface area (Å²) in [5.41, 5.74) is 2.06. The summed E-state index contributed by atoms with van der Waals surface area (Å²) in [6.07, 6.45) is 1.90. The lowest BCUT2D eigenvalue weighted by Gasteiger charge is -2.26. The van der Waals surface area contributed by atoms with E-state index in [1.165, 1.54) is 0 Å². The third-order valence-electron chi connectivity index (χ3n) is 3.61. The number of para-hydroxylation sites is 1. The normalized spacial score (nSPS) is 12.2. The van der Waals surface area contributed by atoms with Crippen molar-refractivity contribution in [2.45, 2.75) is 33.2 Å². The maximum atomic E-state index is 11.6. The molecule has 0 aliphatic heterocycles. The van der Waals surface area contributed by atoms with Gasteiger partial charge in [-0.1, -0.05) is 12.1 Å². The van der Waals surface area contributed by atoms with Crippen molar-refractivity contribution in [2.75, 3.05) is 18.6 Å². The van der Waals surface area contributed by atoms with E-state index in [2.05, 4.69) is 9.97 Å². The van der Waals surface area contributed by atoms with Crippen LogP contribution in [-0.2, 0) is 9.53 Å². The minimum absolute atomic E-state index is 0.00247. The Kier molecular flexibility index (Phi) is 4.73. The van der Waals surface area contributed by atoms with Crippen LogP contribution in [0, 0.1) is 6.92 Å². The van der Waals surface area contributed by atoms with E-state index in [4.69, 9.17) is 4.74 Å². The van der Waals surface area contributed by atoms with E-state index in [0.717, 1.165) is 22.3 Å². The SMILES string of the molecule is CCOC(=O)CC(C)N(C)c1ncnc2c(C)cccc12. The molecule has 2 rings (SSSR count). The van der Waals surface area contributed by atoms with Crippen molar-refractivity contribution in [3.63, 3.8) is 0 Å². The summed E-state index contributed by atoms with van der Waals surface area (Å²) in [5, 5.41) is 0.996. The number of hydrogen-bond donors (Lipinski definition) is 0. The summed E-state index contributed by atoms with van der Waals surface area (Å²) in [5.74, 6) is 0.645. The molecule has 5 heteroatoms. The first kappa shape index (κ1) is 15.2. The van der Waals surface area contributed by atoms with Gasteiger partial charge >= 0.3 is 5.97 Å². The Morgan fingerprint density at radius 3 is 2.86 bits per heavy atom. The number of hydrogen-bond acceptors (Lipinski definition) is 5. The summed E-state index contributed by atoms with van der Waals surface area (Å²) in [6.45, 7) is 6.24. The van der Waals surface area contributed by atoms with Crippen molar-refractivity contribution in [1.82, 2.24) is 9.97 Å². The fraction of sp³-hybridized carbons (Fsp3) is 0.438. The van der Waals surface area contributed by atoms with Crippen LogP contribution in [0.2, 0.25) is 0 Å². The zero-order chi connectivity index (χ0) is 15.4. The van der Waals surface area contributed by atoms with Crippen LogP contribution >= 0.6 is 0 Å². The quantitative estimate of drug-likeness (QED) is 0.791. The average molecular weight is 287 g/mol. The molecule has 1 unspecified atom stereocenters. The van der Waals surface area contributed by atoms with Crippen LogP contribution in [0.25, 0.3) is 10.9 Å². The lowest BCUT2D eigenvalue weighted by atomic mass is 10.1. The summed E-state index contributed by atoms with van der Waals surface area (Å²) in [6, 6.07) is 6.03. The lowest BCUT2D eigenvalue weighted by Crippen LogP contribution is -2.32. The predicted molar refractivity (Wildman–Crippen MR) is 83.4 cm³/mol. The molecule has 0 saturated carbocycles. The number of carbonyl (C=O) groups excluding carboxylic acids is 1. The van der Waals surface area contributed by atoms with Crippen molar-refractivity contribution in [2.24, 2.45) is 0 Å². The van der Waals surface area contributed by atoms with Crippen LogP contribution in [0.5, 0.6) is 0 Å². The molecule has 112 valence electrons. The van der Waals surface area contributed by atoms with Crippen LogP contribution < -0.4 is 4.90 Å². The van der Waals surface area contributed by atoms with Crippen molar-refractivity contribution in [3.8, 4) is 0 Å². The predicted octanol–water partition coefficient (Wildman–Crippen LogP) is 2.72. The Balaban J connectivity index is 2.29. The maximum Gasteiger partial charge on any atom is 0.307 e. The Labute approximate surface area is 125 Å². The zero-order valence-corrected chi connectivity index (χ0v) is 13.0. The van der Waals surface area contributed by atoms with Gasteiger partial charge in [0.05, 0.1) is 18.5 Å². The second-order valence-electron chi connectivity index (χ2n) is 5.14. The molecule has 5 nitrogen and oxygen atoms in total. The molecule has 0 bridgehead atoms.